The van der Waals surface area contributed by atoms with Gasteiger partial charge in [-0.25, -0.2) is 0 Å². The Balaban J connectivity index is 2.96. The predicted octanol–water partition coefficient (Wildman–Crippen LogP) is 1.95. The molecule has 6 heteroatoms. The number of aliphatic hydroxyl groups is 2. The number of non-ortho nitro benzene ring substituents is 1. The third kappa shape index (κ3) is 3.69. The molecule has 1 aromatic carbocycles. The molecule has 17 heavy (non-hydrogen) atoms. The second-order valence-electron chi connectivity index (χ2n) is 3.77. The summed E-state index contributed by atoms with van der Waals surface area (Å²) in [6, 6.07) is 4.36. The highest BCUT2D eigenvalue weighted by molar-refractivity contribution is 8.00. The Morgan fingerprint density at radius 2 is 2.12 bits per heavy atom. The van der Waals surface area contributed by atoms with E-state index in [1.165, 1.54) is 23.9 Å². The van der Waals surface area contributed by atoms with Gasteiger partial charge in [-0.15, -0.1) is 11.8 Å². The number of hydrogen-bond donors (Lipinski definition) is 2. The largest absolute Gasteiger partial charge is 0.392 e. The summed E-state index contributed by atoms with van der Waals surface area (Å²) >= 11 is 1.39. The lowest BCUT2D eigenvalue weighted by atomic mass is 10.2. The number of rotatable bonds is 5. The number of nitrogens with zero attached hydrogens (tertiary/aromatic N) is 1. The highest BCUT2D eigenvalue weighted by atomic mass is 32.2. The highest BCUT2D eigenvalue weighted by Gasteiger charge is 2.15. The van der Waals surface area contributed by atoms with Crippen LogP contribution in [0.2, 0.25) is 0 Å². The van der Waals surface area contributed by atoms with E-state index < -0.39 is 11.0 Å². The fraction of sp³-hybridized carbons (Fsp3) is 0.455. The van der Waals surface area contributed by atoms with Gasteiger partial charge in [0, 0.05) is 22.3 Å². The van der Waals surface area contributed by atoms with Crippen LogP contribution < -0.4 is 0 Å². The first kappa shape index (κ1) is 14.0. The Morgan fingerprint density at radius 1 is 1.47 bits per heavy atom. The Bertz CT molecular complexity index is 408. The second kappa shape index (κ2) is 6.00. The summed E-state index contributed by atoms with van der Waals surface area (Å²) in [5, 5.41) is 29.1. The summed E-state index contributed by atoms with van der Waals surface area (Å²) in [4.78, 5) is 10.8. The summed E-state index contributed by atoms with van der Waals surface area (Å²) < 4.78 is 0. The van der Waals surface area contributed by atoms with Gasteiger partial charge in [-0.2, -0.15) is 0 Å². The van der Waals surface area contributed by atoms with Gasteiger partial charge in [-0.1, -0.05) is 6.92 Å². The minimum absolute atomic E-state index is 0.0388. The molecule has 0 bridgehead atoms. The van der Waals surface area contributed by atoms with Gasteiger partial charge in [-0.3, -0.25) is 10.1 Å². The first-order valence-electron chi connectivity index (χ1n) is 5.18. The van der Waals surface area contributed by atoms with E-state index in [4.69, 9.17) is 0 Å². The van der Waals surface area contributed by atoms with Crippen LogP contribution >= 0.6 is 11.8 Å². The molecule has 1 rings (SSSR count). The molecule has 0 aromatic heterocycles. The number of aliphatic hydroxyl groups excluding tert-OH is 2. The number of nitro groups is 1. The summed E-state index contributed by atoms with van der Waals surface area (Å²) in [6.07, 6.45) is -0.485. The monoisotopic (exact) mass is 257 g/mol. The third-order valence-electron chi connectivity index (χ3n) is 2.42. The molecule has 0 aliphatic rings. The fourth-order valence-electron chi connectivity index (χ4n) is 1.22. The molecule has 0 spiro atoms. The maximum atomic E-state index is 10.6. The molecule has 0 radical (unpaired) electrons. The average molecular weight is 257 g/mol. The minimum atomic E-state index is -0.494. The third-order valence-corrected chi connectivity index (χ3v) is 3.84. The molecule has 0 saturated carbocycles. The molecular formula is C11H15NO4S. The van der Waals surface area contributed by atoms with Crippen molar-refractivity contribution in [3.05, 3.63) is 33.9 Å². The van der Waals surface area contributed by atoms with Gasteiger partial charge >= 0.3 is 0 Å². The Hall–Kier alpha value is -1.11. The van der Waals surface area contributed by atoms with Gasteiger partial charge in [0.1, 0.15) is 0 Å². The minimum Gasteiger partial charge on any atom is -0.392 e. The van der Waals surface area contributed by atoms with E-state index in [9.17, 15) is 20.3 Å². The molecule has 0 aliphatic heterocycles. The fourth-order valence-corrected chi connectivity index (χ4v) is 2.24. The number of benzene rings is 1. The summed E-state index contributed by atoms with van der Waals surface area (Å²) in [6.45, 7) is 3.29. The van der Waals surface area contributed by atoms with Crippen LogP contribution in [0.1, 0.15) is 19.4 Å². The maximum absolute atomic E-state index is 10.6. The van der Waals surface area contributed by atoms with E-state index in [1.54, 1.807) is 13.0 Å². The van der Waals surface area contributed by atoms with E-state index in [1.807, 2.05) is 6.92 Å². The average Bonchev–Trinajstić information content (AvgIpc) is 2.28. The molecule has 0 fully saturated rings. The van der Waals surface area contributed by atoms with Gasteiger partial charge < -0.3 is 10.2 Å². The molecule has 2 atom stereocenters. The summed E-state index contributed by atoms with van der Waals surface area (Å²) in [7, 11) is 0. The zero-order chi connectivity index (χ0) is 13.0. The van der Waals surface area contributed by atoms with Gasteiger partial charge in [0.2, 0.25) is 0 Å². The lowest BCUT2D eigenvalue weighted by Gasteiger charge is -2.15. The highest BCUT2D eigenvalue weighted by Crippen LogP contribution is 2.30. The lowest BCUT2D eigenvalue weighted by molar-refractivity contribution is -0.385. The van der Waals surface area contributed by atoms with Crippen LogP contribution in [-0.4, -0.2) is 26.5 Å². The van der Waals surface area contributed by atoms with Gasteiger partial charge in [-0.05, 0) is 18.6 Å². The molecule has 0 saturated heterocycles. The summed E-state index contributed by atoms with van der Waals surface area (Å²) in [5.41, 5.74) is 0.472. The molecular weight excluding hydrogens is 242 g/mol. The smallest absolute Gasteiger partial charge is 0.269 e. The molecule has 0 heterocycles. The molecule has 2 unspecified atom stereocenters. The lowest BCUT2D eigenvalue weighted by Crippen LogP contribution is -2.15. The SMILES string of the molecule is CC(O)C(C)Sc1ccc([N+](=O)[O-])cc1CO. The Labute approximate surface area is 104 Å². The van der Waals surface area contributed by atoms with Crippen LogP contribution in [-0.2, 0) is 6.61 Å². The van der Waals surface area contributed by atoms with E-state index in [2.05, 4.69) is 0 Å². The van der Waals surface area contributed by atoms with Gasteiger partial charge in [0.05, 0.1) is 17.6 Å². The zero-order valence-electron chi connectivity index (χ0n) is 9.66. The van der Waals surface area contributed by atoms with Crippen molar-refractivity contribution < 1.29 is 15.1 Å². The van der Waals surface area contributed by atoms with Crippen LogP contribution in [0, 0.1) is 10.1 Å². The standard InChI is InChI=1S/C11H15NO4S/c1-7(14)8(2)17-11-4-3-10(12(15)16)5-9(11)6-13/h3-5,7-8,13-14H,6H2,1-2H3. The van der Waals surface area contributed by atoms with Gasteiger partial charge in [0.15, 0.2) is 0 Å². The van der Waals surface area contributed by atoms with Crippen LogP contribution in [0.5, 0.6) is 0 Å². The number of hydrogen-bond acceptors (Lipinski definition) is 5. The maximum Gasteiger partial charge on any atom is 0.269 e. The molecule has 0 amide bonds. The quantitative estimate of drug-likeness (QED) is 0.478. The summed E-state index contributed by atoms with van der Waals surface area (Å²) in [5.74, 6) is 0. The second-order valence-corrected chi connectivity index (χ2v) is 5.19. The molecule has 1 aromatic rings. The van der Waals surface area contributed by atoms with E-state index in [0.29, 0.717) is 5.56 Å². The molecule has 5 nitrogen and oxygen atoms in total. The predicted molar refractivity (Wildman–Crippen MR) is 66.0 cm³/mol. The van der Waals surface area contributed by atoms with Crippen LogP contribution in [0.4, 0.5) is 5.69 Å². The topological polar surface area (TPSA) is 83.6 Å². The van der Waals surface area contributed by atoms with Gasteiger partial charge in [0.25, 0.3) is 5.69 Å². The first-order chi connectivity index (χ1) is 7.95. The van der Waals surface area contributed by atoms with Crippen molar-refractivity contribution in [2.45, 2.75) is 36.7 Å². The van der Waals surface area contributed by atoms with Crippen molar-refractivity contribution in [2.24, 2.45) is 0 Å². The normalized spacial score (nSPS) is 14.4. The van der Waals surface area contributed by atoms with Crippen LogP contribution in [0.25, 0.3) is 0 Å². The zero-order valence-corrected chi connectivity index (χ0v) is 10.5. The van der Waals surface area contributed by atoms with E-state index >= 15 is 0 Å². The number of thioether (sulfide) groups is 1. The van der Waals surface area contributed by atoms with Crippen molar-refractivity contribution in [3.63, 3.8) is 0 Å². The first-order valence-corrected chi connectivity index (χ1v) is 6.06. The van der Waals surface area contributed by atoms with Crippen molar-refractivity contribution in [2.75, 3.05) is 0 Å². The molecule has 94 valence electrons. The Kier molecular flexibility index (Phi) is 4.92. The van der Waals surface area contributed by atoms with Crippen molar-refractivity contribution in [1.29, 1.82) is 0 Å². The van der Waals surface area contributed by atoms with Crippen molar-refractivity contribution in [3.8, 4) is 0 Å². The van der Waals surface area contributed by atoms with E-state index in [-0.39, 0.29) is 17.5 Å². The van der Waals surface area contributed by atoms with Crippen molar-refractivity contribution >= 4 is 17.4 Å². The van der Waals surface area contributed by atoms with Crippen LogP contribution in [0.15, 0.2) is 23.1 Å². The molecule has 2 N–H and O–H groups in total. The van der Waals surface area contributed by atoms with E-state index in [0.717, 1.165) is 4.90 Å². The molecule has 0 aliphatic carbocycles. The number of nitro benzene ring substituents is 1. The Morgan fingerprint density at radius 3 is 2.59 bits per heavy atom. The van der Waals surface area contributed by atoms with Crippen LogP contribution in [0.3, 0.4) is 0 Å². The van der Waals surface area contributed by atoms with Crippen molar-refractivity contribution in [1.82, 2.24) is 0 Å².